The van der Waals surface area contributed by atoms with Gasteiger partial charge in [0.15, 0.2) is 11.7 Å². The highest BCUT2D eigenvalue weighted by molar-refractivity contribution is 8.55. The van der Waals surface area contributed by atoms with Crippen LogP contribution in [-0.4, -0.2) is 17.3 Å². The van der Waals surface area contributed by atoms with Crippen molar-refractivity contribution in [1.29, 1.82) is 0 Å². The van der Waals surface area contributed by atoms with Gasteiger partial charge in [-0.3, -0.25) is 4.52 Å². The van der Waals surface area contributed by atoms with Crippen LogP contribution in [0.25, 0.3) is 11.1 Å². The molecule has 0 aliphatic rings. The first-order chi connectivity index (χ1) is 13.5. The summed E-state index contributed by atoms with van der Waals surface area (Å²) in [4.78, 5) is 4.51. The molecule has 0 radical (unpaired) electrons. The van der Waals surface area contributed by atoms with Gasteiger partial charge in [-0.15, -0.1) is 0 Å². The number of fused-ring (bicyclic) bond motifs is 1. The van der Waals surface area contributed by atoms with Gasteiger partial charge in [0.1, 0.15) is 5.52 Å². The van der Waals surface area contributed by atoms with Crippen LogP contribution in [0.4, 0.5) is 0 Å². The number of rotatable bonds is 9. The molecule has 0 N–H and O–H groups in total. The predicted octanol–water partition coefficient (Wildman–Crippen LogP) is 7.53. The number of oxazole rings is 1. The van der Waals surface area contributed by atoms with E-state index >= 15 is 0 Å². The molecule has 0 aliphatic carbocycles. The molecule has 0 spiro atoms. The van der Waals surface area contributed by atoms with Crippen molar-refractivity contribution in [3.63, 3.8) is 0 Å². The van der Waals surface area contributed by atoms with Gasteiger partial charge in [-0.2, -0.15) is 0 Å². The molecule has 0 amide bonds. The maximum atomic E-state index is 13.3. The van der Waals surface area contributed by atoms with Crippen LogP contribution in [0.2, 0.25) is 10.0 Å². The second-order valence-corrected chi connectivity index (χ2v) is 10.9. The molecule has 0 saturated carbocycles. The molecule has 28 heavy (non-hydrogen) atoms. The first-order valence-corrected chi connectivity index (χ1v) is 12.7. The lowest BCUT2D eigenvalue weighted by Gasteiger charge is -2.23. The summed E-state index contributed by atoms with van der Waals surface area (Å²) in [6.07, 6.45) is -0.0701. The van der Waals surface area contributed by atoms with Crippen LogP contribution >= 0.6 is 41.4 Å². The molecule has 150 valence electrons. The number of hydrogen-bond acceptors (Lipinski definition) is 6. The normalized spacial score (nSPS) is 14.9. The number of halogens is 2. The third-order valence-electron chi connectivity index (χ3n) is 3.75. The summed E-state index contributed by atoms with van der Waals surface area (Å²) < 4.78 is 30.7. The lowest BCUT2D eigenvalue weighted by molar-refractivity contribution is 0.169. The van der Waals surface area contributed by atoms with E-state index in [1.54, 1.807) is 31.2 Å². The topological polar surface area (TPSA) is 61.6 Å². The highest BCUT2D eigenvalue weighted by atomic mass is 35.5. The van der Waals surface area contributed by atoms with E-state index in [1.807, 2.05) is 25.1 Å². The molecule has 2 aromatic carbocycles. The molecule has 1 aromatic heterocycles. The molecule has 5 nitrogen and oxygen atoms in total. The summed E-state index contributed by atoms with van der Waals surface area (Å²) in [7, 11) is 0. The Morgan fingerprint density at radius 2 is 2.00 bits per heavy atom. The van der Waals surface area contributed by atoms with E-state index in [0.717, 1.165) is 17.8 Å². The summed E-state index contributed by atoms with van der Waals surface area (Å²) in [5, 5.41) is 0.849. The van der Waals surface area contributed by atoms with E-state index in [1.165, 1.54) is 0 Å². The standard InChI is InChI=1S/C19H20Cl2NO4PS/c1-3-11-28-27(23,24-4-2)26-18(14-10-9-13(20)12-15(14)21)19-22-16-7-5-6-8-17(16)25-19/h5-10,12,18H,3-4,11H2,1-2H3. The van der Waals surface area contributed by atoms with Crippen LogP contribution in [0.5, 0.6) is 0 Å². The van der Waals surface area contributed by atoms with E-state index in [2.05, 4.69) is 4.98 Å². The fourth-order valence-corrected chi connectivity index (χ4v) is 6.63. The van der Waals surface area contributed by atoms with Crippen molar-refractivity contribution in [2.24, 2.45) is 0 Å². The molecule has 0 aliphatic heterocycles. The number of hydrogen-bond donors (Lipinski definition) is 0. The van der Waals surface area contributed by atoms with Gasteiger partial charge in [-0.1, -0.05) is 48.3 Å². The van der Waals surface area contributed by atoms with Crippen LogP contribution in [-0.2, 0) is 13.6 Å². The summed E-state index contributed by atoms with van der Waals surface area (Å²) in [6.45, 7) is 0.548. The number of aromatic nitrogens is 1. The zero-order valence-electron chi connectivity index (χ0n) is 15.4. The summed E-state index contributed by atoms with van der Waals surface area (Å²) >= 11 is 13.6. The molecule has 2 unspecified atom stereocenters. The van der Waals surface area contributed by atoms with Gasteiger partial charge in [0.2, 0.25) is 5.89 Å². The number of para-hydroxylation sites is 2. The van der Waals surface area contributed by atoms with Crippen LogP contribution in [0.15, 0.2) is 46.9 Å². The van der Waals surface area contributed by atoms with Crippen LogP contribution in [0.3, 0.4) is 0 Å². The van der Waals surface area contributed by atoms with Gasteiger partial charge in [0.25, 0.3) is 0 Å². The van der Waals surface area contributed by atoms with Crippen molar-refractivity contribution in [2.45, 2.75) is 26.4 Å². The Hall–Kier alpha value is -1.01. The monoisotopic (exact) mass is 459 g/mol. The van der Waals surface area contributed by atoms with Crippen molar-refractivity contribution < 1.29 is 18.0 Å². The molecule has 9 heteroatoms. The van der Waals surface area contributed by atoms with E-state index < -0.39 is 12.9 Å². The molecular formula is C19H20Cl2NO4PS. The quantitative estimate of drug-likeness (QED) is 0.308. The van der Waals surface area contributed by atoms with Crippen molar-refractivity contribution in [2.75, 3.05) is 12.4 Å². The maximum absolute atomic E-state index is 13.3. The second kappa shape index (κ2) is 9.66. The van der Waals surface area contributed by atoms with Crippen LogP contribution in [0, 0.1) is 0 Å². The Bertz CT molecular complexity index is 964. The van der Waals surface area contributed by atoms with Crippen molar-refractivity contribution in [3.8, 4) is 0 Å². The second-order valence-electron chi connectivity index (χ2n) is 5.87. The third-order valence-corrected chi connectivity index (χ3v) is 8.34. The molecule has 1 heterocycles. The van der Waals surface area contributed by atoms with Gasteiger partial charge >= 0.3 is 6.80 Å². The smallest absolute Gasteiger partial charge is 0.390 e. The molecular weight excluding hydrogens is 440 g/mol. The highest BCUT2D eigenvalue weighted by Gasteiger charge is 2.34. The summed E-state index contributed by atoms with van der Waals surface area (Å²) in [5.74, 6) is 0.883. The zero-order valence-corrected chi connectivity index (χ0v) is 18.7. The Balaban J connectivity index is 2.06. The minimum absolute atomic E-state index is 0.252. The summed E-state index contributed by atoms with van der Waals surface area (Å²) in [6, 6.07) is 12.4. The van der Waals surface area contributed by atoms with Crippen molar-refractivity contribution in [3.05, 3.63) is 64.0 Å². The first kappa shape index (κ1) is 21.7. The molecule has 3 aromatic rings. The van der Waals surface area contributed by atoms with E-state index in [4.69, 9.17) is 36.7 Å². The van der Waals surface area contributed by atoms with Gasteiger partial charge < -0.3 is 8.94 Å². The minimum atomic E-state index is -3.47. The van der Waals surface area contributed by atoms with Gasteiger partial charge in [0, 0.05) is 21.4 Å². The zero-order chi connectivity index (χ0) is 20.1. The fraction of sp³-hybridized carbons (Fsp3) is 0.316. The number of benzene rings is 2. The van der Waals surface area contributed by atoms with Gasteiger partial charge in [-0.25, -0.2) is 9.55 Å². The lowest BCUT2D eigenvalue weighted by atomic mass is 10.1. The lowest BCUT2D eigenvalue weighted by Crippen LogP contribution is -2.07. The van der Waals surface area contributed by atoms with Gasteiger partial charge in [-0.05, 0) is 49.0 Å². The van der Waals surface area contributed by atoms with E-state index in [9.17, 15) is 4.57 Å². The fourth-order valence-electron chi connectivity index (χ4n) is 2.54. The molecule has 0 bridgehead atoms. The average Bonchev–Trinajstić information content (AvgIpc) is 3.09. The van der Waals surface area contributed by atoms with Crippen molar-refractivity contribution >= 4 is 52.5 Å². The Morgan fingerprint density at radius 3 is 2.68 bits per heavy atom. The van der Waals surface area contributed by atoms with Crippen LogP contribution in [0.1, 0.15) is 37.8 Å². The highest BCUT2D eigenvalue weighted by Crippen LogP contribution is 2.64. The molecule has 0 saturated heterocycles. The van der Waals surface area contributed by atoms with Crippen LogP contribution < -0.4 is 0 Å². The first-order valence-electron chi connectivity index (χ1n) is 8.83. The molecule has 2 atom stereocenters. The van der Waals surface area contributed by atoms with E-state index in [-0.39, 0.29) is 12.5 Å². The summed E-state index contributed by atoms with van der Waals surface area (Å²) in [5.41, 5.74) is 1.82. The third kappa shape index (κ3) is 5.12. The Labute approximate surface area is 178 Å². The largest absolute Gasteiger partial charge is 0.437 e. The minimum Gasteiger partial charge on any atom is -0.437 e. The number of nitrogens with zero attached hydrogens (tertiary/aromatic N) is 1. The molecule has 3 rings (SSSR count). The molecule has 0 fully saturated rings. The SMILES string of the molecule is CCCSP(=O)(OCC)OC(c1nc2ccccc2o1)c1ccc(Cl)cc1Cl. The Kier molecular flexibility index (Phi) is 7.48. The maximum Gasteiger partial charge on any atom is 0.390 e. The van der Waals surface area contributed by atoms with Gasteiger partial charge in [0.05, 0.1) is 6.61 Å². The Morgan fingerprint density at radius 1 is 1.21 bits per heavy atom. The van der Waals surface area contributed by atoms with E-state index in [0.29, 0.717) is 32.5 Å². The van der Waals surface area contributed by atoms with Crippen molar-refractivity contribution in [1.82, 2.24) is 4.98 Å². The average molecular weight is 460 g/mol. The predicted molar refractivity (Wildman–Crippen MR) is 115 cm³/mol.